The highest BCUT2D eigenvalue weighted by molar-refractivity contribution is 5.85. The van der Waals surface area contributed by atoms with Crippen molar-refractivity contribution in [3.05, 3.63) is 11.9 Å². The Morgan fingerprint density at radius 1 is 0.933 bits per heavy atom. The minimum absolute atomic E-state index is 1.05. The van der Waals surface area contributed by atoms with Crippen molar-refractivity contribution in [3.63, 3.8) is 0 Å². The fourth-order valence-corrected chi connectivity index (χ4v) is 1.70. The summed E-state index contributed by atoms with van der Waals surface area (Å²) in [6, 6.07) is 0. The zero-order valence-corrected chi connectivity index (χ0v) is 10.1. The van der Waals surface area contributed by atoms with Gasteiger partial charge in [-0.15, -0.1) is 0 Å². The Kier molecular flexibility index (Phi) is 6.14. The lowest BCUT2D eigenvalue weighted by molar-refractivity contribution is 0.710. The summed E-state index contributed by atoms with van der Waals surface area (Å²) in [6.07, 6.45) is 11.7. The molecule has 0 aromatic carbocycles. The summed E-state index contributed by atoms with van der Waals surface area (Å²) >= 11 is 0. The van der Waals surface area contributed by atoms with E-state index in [4.69, 9.17) is 0 Å². The van der Waals surface area contributed by atoms with Gasteiger partial charge in [0.05, 0.1) is 11.9 Å². The number of amidine groups is 1. The Bertz CT molecular complexity index is 229. The number of hydrogen-bond acceptors (Lipinski definition) is 1. The van der Waals surface area contributed by atoms with E-state index in [1.54, 1.807) is 0 Å². The molecule has 0 aromatic heterocycles. The highest BCUT2D eigenvalue weighted by atomic mass is 15.0. The number of rotatable bonds is 8. The molecule has 1 aliphatic rings. The highest BCUT2D eigenvalue weighted by Crippen LogP contribution is 2.15. The van der Waals surface area contributed by atoms with Crippen molar-refractivity contribution < 1.29 is 0 Å². The molecule has 0 unspecified atom stereocenters. The SMILES string of the molecule is CCCCCC1=C[N]C(CCCCC)=N1. The Morgan fingerprint density at radius 2 is 1.60 bits per heavy atom. The van der Waals surface area contributed by atoms with Crippen LogP contribution >= 0.6 is 0 Å². The molecule has 1 heterocycles. The first-order valence-electron chi connectivity index (χ1n) is 6.34. The number of hydrogen-bond donors (Lipinski definition) is 0. The first-order chi connectivity index (χ1) is 7.36. The van der Waals surface area contributed by atoms with Gasteiger partial charge in [0, 0.05) is 6.42 Å². The number of allylic oxidation sites excluding steroid dienone is 1. The van der Waals surface area contributed by atoms with E-state index in [-0.39, 0.29) is 0 Å². The van der Waals surface area contributed by atoms with E-state index in [9.17, 15) is 0 Å². The third-order valence-corrected chi connectivity index (χ3v) is 2.68. The fraction of sp³-hybridized carbons (Fsp3) is 0.769. The zero-order valence-electron chi connectivity index (χ0n) is 10.1. The van der Waals surface area contributed by atoms with Crippen LogP contribution in [-0.4, -0.2) is 5.84 Å². The molecule has 15 heavy (non-hydrogen) atoms. The molecular weight excluding hydrogens is 184 g/mol. The van der Waals surface area contributed by atoms with Crippen molar-refractivity contribution in [2.75, 3.05) is 0 Å². The number of aliphatic imine (C=N–C) groups is 1. The maximum Gasteiger partial charge on any atom is 0.128 e. The van der Waals surface area contributed by atoms with Crippen LogP contribution in [-0.2, 0) is 0 Å². The number of nitrogens with zero attached hydrogens (tertiary/aromatic N) is 2. The standard InChI is InChI=1S/C13H23N2/c1-3-5-7-9-12-11-14-13(15-12)10-8-6-4-2/h11H,3-10H2,1-2H3. The quantitative estimate of drug-likeness (QED) is 0.538. The second-order valence-electron chi connectivity index (χ2n) is 4.19. The van der Waals surface area contributed by atoms with Gasteiger partial charge in [-0.2, -0.15) is 0 Å². The summed E-state index contributed by atoms with van der Waals surface area (Å²) in [6.45, 7) is 4.45. The van der Waals surface area contributed by atoms with Crippen LogP contribution in [0, 0.1) is 0 Å². The van der Waals surface area contributed by atoms with Gasteiger partial charge in [0.1, 0.15) is 5.84 Å². The molecule has 0 fully saturated rings. The Balaban J connectivity index is 2.14. The summed E-state index contributed by atoms with van der Waals surface area (Å²) in [5.74, 6) is 1.05. The molecule has 2 heteroatoms. The van der Waals surface area contributed by atoms with Crippen LogP contribution in [0.2, 0.25) is 0 Å². The minimum atomic E-state index is 1.05. The molecule has 1 aliphatic heterocycles. The number of unbranched alkanes of at least 4 members (excludes halogenated alkanes) is 4. The minimum Gasteiger partial charge on any atom is -0.240 e. The molecule has 1 rings (SSSR count). The molecule has 0 saturated heterocycles. The molecule has 0 amide bonds. The Hall–Kier alpha value is -0.790. The molecule has 1 radical (unpaired) electrons. The van der Waals surface area contributed by atoms with Crippen LogP contribution < -0.4 is 5.32 Å². The third-order valence-electron chi connectivity index (χ3n) is 2.68. The molecule has 0 aliphatic carbocycles. The van der Waals surface area contributed by atoms with Crippen LogP contribution in [0.15, 0.2) is 16.9 Å². The van der Waals surface area contributed by atoms with Gasteiger partial charge in [0.25, 0.3) is 0 Å². The monoisotopic (exact) mass is 207 g/mol. The molecule has 0 N–H and O–H groups in total. The lowest BCUT2D eigenvalue weighted by atomic mass is 10.2. The van der Waals surface area contributed by atoms with Crippen molar-refractivity contribution in [2.24, 2.45) is 4.99 Å². The van der Waals surface area contributed by atoms with Gasteiger partial charge in [-0.3, -0.25) is 0 Å². The van der Waals surface area contributed by atoms with Crippen LogP contribution in [0.3, 0.4) is 0 Å². The molecule has 0 saturated carbocycles. The van der Waals surface area contributed by atoms with E-state index in [2.05, 4.69) is 24.2 Å². The van der Waals surface area contributed by atoms with Gasteiger partial charge in [-0.05, 0) is 19.3 Å². The van der Waals surface area contributed by atoms with Gasteiger partial charge in [-0.1, -0.05) is 39.5 Å². The van der Waals surface area contributed by atoms with E-state index in [0.717, 1.165) is 18.7 Å². The average molecular weight is 207 g/mol. The van der Waals surface area contributed by atoms with Crippen LogP contribution in [0.25, 0.3) is 0 Å². The van der Waals surface area contributed by atoms with Crippen molar-refractivity contribution in [1.82, 2.24) is 5.32 Å². The Morgan fingerprint density at radius 3 is 2.27 bits per heavy atom. The first kappa shape index (κ1) is 12.3. The van der Waals surface area contributed by atoms with Crippen LogP contribution in [0.5, 0.6) is 0 Å². The van der Waals surface area contributed by atoms with Crippen molar-refractivity contribution in [2.45, 2.75) is 65.2 Å². The summed E-state index contributed by atoms with van der Waals surface area (Å²) in [4.78, 5) is 4.54. The first-order valence-corrected chi connectivity index (χ1v) is 6.34. The van der Waals surface area contributed by atoms with Gasteiger partial charge < -0.3 is 0 Å². The maximum atomic E-state index is 4.54. The second-order valence-corrected chi connectivity index (χ2v) is 4.19. The van der Waals surface area contributed by atoms with Gasteiger partial charge >= 0.3 is 0 Å². The third kappa shape index (κ3) is 5.01. The largest absolute Gasteiger partial charge is 0.240 e. The maximum absolute atomic E-state index is 4.54. The predicted octanol–water partition coefficient (Wildman–Crippen LogP) is 4.00. The van der Waals surface area contributed by atoms with Crippen molar-refractivity contribution in [3.8, 4) is 0 Å². The van der Waals surface area contributed by atoms with Gasteiger partial charge in [0.2, 0.25) is 0 Å². The smallest absolute Gasteiger partial charge is 0.128 e. The van der Waals surface area contributed by atoms with Gasteiger partial charge in [0.15, 0.2) is 0 Å². The van der Waals surface area contributed by atoms with E-state index in [0.29, 0.717) is 0 Å². The molecule has 0 aromatic rings. The molecule has 0 atom stereocenters. The molecule has 85 valence electrons. The van der Waals surface area contributed by atoms with Crippen LogP contribution in [0.1, 0.15) is 65.2 Å². The van der Waals surface area contributed by atoms with E-state index >= 15 is 0 Å². The lowest BCUT2D eigenvalue weighted by Gasteiger charge is -1.98. The molecule has 2 nitrogen and oxygen atoms in total. The molecule has 0 spiro atoms. The Labute approximate surface area is 93.9 Å². The topological polar surface area (TPSA) is 26.5 Å². The van der Waals surface area contributed by atoms with Crippen LogP contribution in [0.4, 0.5) is 0 Å². The normalized spacial score (nSPS) is 14.8. The zero-order chi connectivity index (χ0) is 10.9. The summed E-state index contributed by atoms with van der Waals surface area (Å²) in [5, 5.41) is 4.36. The highest BCUT2D eigenvalue weighted by Gasteiger charge is 2.08. The van der Waals surface area contributed by atoms with E-state index in [1.165, 1.54) is 44.2 Å². The second kappa shape index (κ2) is 7.49. The van der Waals surface area contributed by atoms with Crippen molar-refractivity contribution in [1.29, 1.82) is 0 Å². The van der Waals surface area contributed by atoms with Gasteiger partial charge in [-0.25, -0.2) is 10.3 Å². The summed E-state index contributed by atoms with van der Waals surface area (Å²) in [5.41, 5.74) is 1.19. The van der Waals surface area contributed by atoms with E-state index in [1.807, 2.05) is 6.20 Å². The molecular formula is C13H23N2. The lowest BCUT2D eigenvalue weighted by Crippen LogP contribution is -2.05. The summed E-state index contributed by atoms with van der Waals surface area (Å²) in [7, 11) is 0. The molecule has 0 bridgehead atoms. The fourth-order valence-electron chi connectivity index (χ4n) is 1.70. The van der Waals surface area contributed by atoms with Crippen molar-refractivity contribution >= 4 is 5.84 Å². The summed E-state index contributed by atoms with van der Waals surface area (Å²) < 4.78 is 0. The average Bonchev–Trinajstić information content (AvgIpc) is 2.67. The van der Waals surface area contributed by atoms with E-state index < -0.39 is 0 Å². The predicted molar refractivity (Wildman–Crippen MR) is 65.9 cm³/mol.